The molecular formula is C9H17ClO3. The molecule has 0 spiro atoms. The Balaban J connectivity index is 2.95. The molecule has 0 aromatic rings. The Labute approximate surface area is 84.6 Å². The largest absolute Gasteiger partial charge is 0.382 e. The van der Waals surface area contributed by atoms with E-state index in [-0.39, 0.29) is 0 Å². The van der Waals surface area contributed by atoms with E-state index in [4.69, 9.17) is 25.8 Å². The normalized spacial score (nSPS) is 10.3. The molecule has 0 aliphatic heterocycles. The summed E-state index contributed by atoms with van der Waals surface area (Å²) in [6.07, 6.45) is 0. The van der Waals surface area contributed by atoms with Crippen molar-refractivity contribution in [1.29, 1.82) is 0 Å². The second-order valence-electron chi connectivity index (χ2n) is 2.54. The van der Waals surface area contributed by atoms with Gasteiger partial charge in [0.1, 0.15) is 0 Å². The molecule has 13 heavy (non-hydrogen) atoms. The van der Waals surface area contributed by atoms with Crippen molar-refractivity contribution < 1.29 is 14.2 Å². The average Bonchev–Trinajstić information content (AvgIpc) is 2.16. The molecule has 0 bridgehead atoms. The summed E-state index contributed by atoms with van der Waals surface area (Å²) in [5, 5.41) is 0. The van der Waals surface area contributed by atoms with Gasteiger partial charge >= 0.3 is 0 Å². The first kappa shape index (κ1) is 12.9. The van der Waals surface area contributed by atoms with Gasteiger partial charge in [-0.1, -0.05) is 6.58 Å². The van der Waals surface area contributed by atoms with Crippen LogP contribution >= 0.6 is 11.6 Å². The van der Waals surface area contributed by atoms with E-state index < -0.39 is 0 Å². The fraction of sp³-hybridized carbons (Fsp3) is 0.778. The van der Waals surface area contributed by atoms with Gasteiger partial charge in [-0.15, -0.1) is 11.6 Å². The summed E-state index contributed by atoms with van der Waals surface area (Å²) in [6.45, 7) is 6.59. The maximum Gasteiger partial charge on any atom is 0.0704 e. The molecule has 0 atom stereocenters. The zero-order valence-electron chi connectivity index (χ0n) is 8.05. The Morgan fingerprint density at radius 2 is 1.77 bits per heavy atom. The van der Waals surface area contributed by atoms with Crippen LogP contribution in [0.15, 0.2) is 12.2 Å². The first-order chi connectivity index (χ1) is 6.31. The van der Waals surface area contributed by atoms with Gasteiger partial charge in [-0.05, 0) is 5.57 Å². The maximum absolute atomic E-state index is 5.51. The molecule has 0 heterocycles. The zero-order chi connectivity index (χ0) is 9.94. The van der Waals surface area contributed by atoms with Gasteiger partial charge in [-0.2, -0.15) is 0 Å². The molecule has 4 heteroatoms. The average molecular weight is 209 g/mol. The van der Waals surface area contributed by atoms with E-state index in [0.717, 1.165) is 5.57 Å². The van der Waals surface area contributed by atoms with Crippen LogP contribution in [0.25, 0.3) is 0 Å². The summed E-state index contributed by atoms with van der Waals surface area (Å²) in [4.78, 5) is 0. The highest BCUT2D eigenvalue weighted by molar-refractivity contribution is 6.19. The number of alkyl halides is 1. The van der Waals surface area contributed by atoms with Gasteiger partial charge in [-0.3, -0.25) is 0 Å². The van der Waals surface area contributed by atoms with Crippen LogP contribution in [-0.4, -0.2) is 46.0 Å². The van der Waals surface area contributed by atoms with Crippen LogP contribution in [0.1, 0.15) is 0 Å². The van der Waals surface area contributed by atoms with Gasteiger partial charge in [0, 0.05) is 13.0 Å². The molecule has 0 amide bonds. The Morgan fingerprint density at radius 1 is 1.15 bits per heavy atom. The minimum absolute atomic E-state index is 0.449. The number of halogens is 1. The third-order valence-corrected chi connectivity index (χ3v) is 1.68. The van der Waals surface area contributed by atoms with Crippen LogP contribution in [0.5, 0.6) is 0 Å². The number of hydrogen-bond donors (Lipinski definition) is 0. The lowest BCUT2D eigenvalue weighted by Gasteiger charge is -2.05. The number of ether oxygens (including phenoxy) is 3. The molecule has 0 fully saturated rings. The first-order valence-electron chi connectivity index (χ1n) is 4.18. The molecule has 0 saturated heterocycles. The monoisotopic (exact) mass is 208 g/mol. The predicted octanol–water partition coefficient (Wildman–Crippen LogP) is 1.46. The van der Waals surface area contributed by atoms with Gasteiger partial charge in [-0.25, -0.2) is 0 Å². The van der Waals surface area contributed by atoms with Crippen molar-refractivity contribution in [3.8, 4) is 0 Å². The van der Waals surface area contributed by atoms with Crippen molar-refractivity contribution in [2.75, 3.05) is 46.0 Å². The van der Waals surface area contributed by atoms with Crippen molar-refractivity contribution in [3.63, 3.8) is 0 Å². The fourth-order valence-corrected chi connectivity index (χ4v) is 0.694. The van der Waals surface area contributed by atoms with Gasteiger partial charge in [0.05, 0.1) is 33.0 Å². The van der Waals surface area contributed by atoms with E-state index in [0.29, 0.717) is 38.9 Å². The molecule has 78 valence electrons. The summed E-state index contributed by atoms with van der Waals surface area (Å²) in [5.41, 5.74) is 0.888. The van der Waals surface area contributed by atoms with Crippen LogP contribution in [0.3, 0.4) is 0 Å². The van der Waals surface area contributed by atoms with E-state index in [9.17, 15) is 0 Å². The highest BCUT2D eigenvalue weighted by atomic mass is 35.5. The van der Waals surface area contributed by atoms with Gasteiger partial charge in [0.25, 0.3) is 0 Å². The van der Waals surface area contributed by atoms with Crippen molar-refractivity contribution in [3.05, 3.63) is 12.2 Å². The Bertz CT molecular complexity index is 128. The van der Waals surface area contributed by atoms with Crippen LogP contribution in [0.2, 0.25) is 0 Å². The summed E-state index contributed by atoms with van der Waals surface area (Å²) in [5.74, 6) is 0.449. The predicted molar refractivity (Wildman–Crippen MR) is 53.4 cm³/mol. The molecule has 0 aromatic carbocycles. The molecule has 0 rings (SSSR count). The molecule has 0 aliphatic carbocycles. The molecule has 0 aliphatic rings. The Morgan fingerprint density at radius 3 is 2.38 bits per heavy atom. The first-order valence-corrected chi connectivity index (χ1v) is 4.71. The van der Waals surface area contributed by atoms with E-state index >= 15 is 0 Å². The minimum atomic E-state index is 0.449. The van der Waals surface area contributed by atoms with Crippen LogP contribution in [0, 0.1) is 0 Å². The third-order valence-electron chi connectivity index (χ3n) is 1.30. The van der Waals surface area contributed by atoms with E-state index in [1.165, 1.54) is 0 Å². The Kier molecular flexibility index (Phi) is 9.92. The van der Waals surface area contributed by atoms with Gasteiger partial charge in [0.2, 0.25) is 0 Å². The SMILES string of the molecule is C=C(CCl)COCCOCCOC. The number of hydrogen-bond acceptors (Lipinski definition) is 3. The fourth-order valence-electron chi connectivity index (χ4n) is 0.617. The molecule has 0 N–H and O–H groups in total. The minimum Gasteiger partial charge on any atom is -0.382 e. The molecule has 0 unspecified atom stereocenters. The lowest BCUT2D eigenvalue weighted by atomic mass is 10.4. The van der Waals surface area contributed by atoms with Crippen molar-refractivity contribution >= 4 is 11.6 Å². The highest BCUT2D eigenvalue weighted by Gasteiger charge is 1.92. The van der Waals surface area contributed by atoms with Crippen molar-refractivity contribution in [1.82, 2.24) is 0 Å². The third kappa shape index (κ3) is 9.83. The van der Waals surface area contributed by atoms with Crippen molar-refractivity contribution in [2.45, 2.75) is 0 Å². The number of rotatable bonds is 9. The lowest BCUT2D eigenvalue weighted by Crippen LogP contribution is -2.09. The highest BCUT2D eigenvalue weighted by Crippen LogP contribution is 1.94. The van der Waals surface area contributed by atoms with Crippen LogP contribution < -0.4 is 0 Å². The summed E-state index contributed by atoms with van der Waals surface area (Å²) < 4.78 is 15.2. The molecule has 3 nitrogen and oxygen atoms in total. The smallest absolute Gasteiger partial charge is 0.0704 e. The van der Waals surface area contributed by atoms with Crippen LogP contribution in [-0.2, 0) is 14.2 Å². The lowest BCUT2D eigenvalue weighted by molar-refractivity contribution is 0.0302. The second-order valence-corrected chi connectivity index (χ2v) is 2.81. The molecule has 0 saturated carbocycles. The molecular weight excluding hydrogens is 192 g/mol. The Hall–Kier alpha value is -0.0900. The quantitative estimate of drug-likeness (QED) is 0.326. The zero-order valence-corrected chi connectivity index (χ0v) is 8.81. The molecule has 0 radical (unpaired) electrons. The number of methoxy groups -OCH3 is 1. The van der Waals surface area contributed by atoms with Crippen molar-refractivity contribution in [2.24, 2.45) is 0 Å². The topological polar surface area (TPSA) is 27.7 Å². The standard InChI is InChI=1S/C9H17ClO3/c1-9(7-10)8-13-6-5-12-4-3-11-2/h1,3-8H2,2H3. The maximum atomic E-state index is 5.51. The van der Waals surface area contributed by atoms with E-state index in [2.05, 4.69) is 6.58 Å². The summed E-state index contributed by atoms with van der Waals surface area (Å²) >= 11 is 5.51. The van der Waals surface area contributed by atoms with Gasteiger partial charge < -0.3 is 14.2 Å². The summed E-state index contributed by atoms with van der Waals surface area (Å²) in [6, 6.07) is 0. The van der Waals surface area contributed by atoms with E-state index in [1.807, 2.05) is 0 Å². The second kappa shape index (κ2) is 9.99. The van der Waals surface area contributed by atoms with E-state index in [1.54, 1.807) is 7.11 Å². The van der Waals surface area contributed by atoms with Gasteiger partial charge in [0.15, 0.2) is 0 Å². The summed E-state index contributed by atoms with van der Waals surface area (Å²) in [7, 11) is 1.64. The molecule has 0 aromatic heterocycles. The van der Waals surface area contributed by atoms with Crippen LogP contribution in [0.4, 0.5) is 0 Å².